The zero-order valence-electron chi connectivity index (χ0n) is 12.1. The Labute approximate surface area is 116 Å². The zero-order valence-corrected chi connectivity index (χ0v) is 12.1. The number of aryl methyl sites for hydroxylation is 1. The van der Waals surface area contributed by atoms with E-state index >= 15 is 0 Å². The highest BCUT2D eigenvalue weighted by Gasteiger charge is 2.08. The van der Waals surface area contributed by atoms with Gasteiger partial charge in [0.1, 0.15) is 12.4 Å². The third-order valence-electron chi connectivity index (χ3n) is 3.36. The van der Waals surface area contributed by atoms with Crippen molar-refractivity contribution in [1.29, 1.82) is 0 Å². The normalized spacial score (nSPS) is 14.1. The highest BCUT2D eigenvalue weighted by Crippen LogP contribution is 2.26. The van der Waals surface area contributed by atoms with Crippen LogP contribution in [0.25, 0.3) is 0 Å². The van der Waals surface area contributed by atoms with Crippen molar-refractivity contribution in [2.75, 3.05) is 31.7 Å². The average molecular weight is 263 g/mol. The lowest BCUT2D eigenvalue weighted by Gasteiger charge is -2.18. The molecule has 3 nitrogen and oxygen atoms in total. The maximum atomic E-state index is 5.71. The standard InChI is InChI=1S/C16H25NO2/c1-13(2)7-9-18-10-11-19-15-6-5-14-4-3-8-17-16(14)12-15/h5-6,12-13,17H,3-4,7-11H2,1-2H3. The van der Waals surface area contributed by atoms with Crippen LogP contribution in [0.4, 0.5) is 5.69 Å². The summed E-state index contributed by atoms with van der Waals surface area (Å²) in [4.78, 5) is 0. The lowest BCUT2D eigenvalue weighted by molar-refractivity contribution is 0.0926. The van der Waals surface area contributed by atoms with Crippen molar-refractivity contribution < 1.29 is 9.47 Å². The van der Waals surface area contributed by atoms with Crippen LogP contribution in [0.1, 0.15) is 32.3 Å². The molecule has 1 N–H and O–H groups in total. The van der Waals surface area contributed by atoms with Gasteiger partial charge in [-0.2, -0.15) is 0 Å². The minimum absolute atomic E-state index is 0.622. The summed E-state index contributed by atoms with van der Waals surface area (Å²) in [6.07, 6.45) is 3.50. The Morgan fingerprint density at radius 2 is 2.11 bits per heavy atom. The molecule has 0 saturated heterocycles. The van der Waals surface area contributed by atoms with E-state index in [-0.39, 0.29) is 0 Å². The summed E-state index contributed by atoms with van der Waals surface area (Å²) in [5, 5.41) is 3.41. The van der Waals surface area contributed by atoms with E-state index in [1.54, 1.807) is 0 Å². The van der Waals surface area contributed by atoms with E-state index < -0.39 is 0 Å². The summed E-state index contributed by atoms with van der Waals surface area (Å²) in [5.74, 6) is 1.63. The van der Waals surface area contributed by atoms with E-state index in [2.05, 4.69) is 37.4 Å². The second-order valence-electron chi connectivity index (χ2n) is 5.49. The molecule has 0 spiro atoms. The molecule has 1 aromatic rings. The van der Waals surface area contributed by atoms with Crippen LogP contribution in [0.15, 0.2) is 18.2 Å². The Morgan fingerprint density at radius 1 is 1.21 bits per heavy atom. The van der Waals surface area contributed by atoms with Gasteiger partial charge in [-0.15, -0.1) is 0 Å². The molecule has 0 atom stereocenters. The summed E-state index contributed by atoms with van der Waals surface area (Å²) in [5.41, 5.74) is 2.62. The molecule has 0 saturated carbocycles. The van der Waals surface area contributed by atoms with E-state index in [1.807, 2.05) is 0 Å². The highest BCUT2D eigenvalue weighted by molar-refractivity contribution is 5.56. The van der Waals surface area contributed by atoms with Crippen molar-refractivity contribution in [3.63, 3.8) is 0 Å². The Hall–Kier alpha value is -1.22. The minimum atomic E-state index is 0.622. The summed E-state index contributed by atoms with van der Waals surface area (Å²) in [6.45, 7) is 7.59. The van der Waals surface area contributed by atoms with E-state index in [9.17, 15) is 0 Å². The first-order chi connectivity index (χ1) is 9.25. The van der Waals surface area contributed by atoms with Crippen LogP contribution in [0.3, 0.4) is 0 Å². The second kappa shape index (κ2) is 7.39. The largest absolute Gasteiger partial charge is 0.491 e. The number of ether oxygens (including phenoxy) is 2. The number of nitrogens with one attached hydrogen (secondary N) is 1. The first-order valence-electron chi connectivity index (χ1n) is 7.33. The Kier molecular flexibility index (Phi) is 5.52. The Morgan fingerprint density at radius 3 is 2.95 bits per heavy atom. The van der Waals surface area contributed by atoms with Crippen LogP contribution < -0.4 is 10.1 Å². The van der Waals surface area contributed by atoms with Gasteiger partial charge in [0.05, 0.1) is 6.61 Å². The van der Waals surface area contributed by atoms with Crippen molar-refractivity contribution >= 4 is 5.69 Å². The van der Waals surface area contributed by atoms with E-state index in [1.165, 1.54) is 24.1 Å². The molecule has 0 unspecified atom stereocenters. The van der Waals surface area contributed by atoms with Crippen LogP contribution in [-0.4, -0.2) is 26.4 Å². The monoisotopic (exact) mass is 263 g/mol. The summed E-state index contributed by atoms with van der Waals surface area (Å²) < 4.78 is 11.3. The summed E-state index contributed by atoms with van der Waals surface area (Å²) >= 11 is 0. The molecule has 19 heavy (non-hydrogen) atoms. The van der Waals surface area contributed by atoms with Crippen LogP contribution in [-0.2, 0) is 11.2 Å². The van der Waals surface area contributed by atoms with E-state index in [0.717, 1.165) is 25.3 Å². The van der Waals surface area contributed by atoms with Gasteiger partial charge in [-0.3, -0.25) is 0 Å². The first kappa shape index (κ1) is 14.2. The number of rotatable bonds is 7. The molecule has 106 valence electrons. The molecule has 2 rings (SSSR count). The minimum Gasteiger partial charge on any atom is -0.491 e. The fourth-order valence-corrected chi connectivity index (χ4v) is 2.17. The van der Waals surface area contributed by atoms with Gasteiger partial charge in [0.2, 0.25) is 0 Å². The average Bonchev–Trinajstić information content (AvgIpc) is 2.42. The van der Waals surface area contributed by atoms with Crippen molar-refractivity contribution in [2.45, 2.75) is 33.1 Å². The van der Waals surface area contributed by atoms with Crippen LogP contribution in [0.5, 0.6) is 5.75 Å². The molecule has 1 aromatic carbocycles. The fourth-order valence-electron chi connectivity index (χ4n) is 2.17. The predicted molar refractivity (Wildman–Crippen MR) is 79.0 cm³/mol. The van der Waals surface area contributed by atoms with Gasteiger partial charge in [0, 0.05) is 24.9 Å². The fraction of sp³-hybridized carbons (Fsp3) is 0.625. The first-order valence-corrected chi connectivity index (χ1v) is 7.33. The van der Waals surface area contributed by atoms with Gasteiger partial charge < -0.3 is 14.8 Å². The van der Waals surface area contributed by atoms with Crippen LogP contribution in [0, 0.1) is 5.92 Å². The summed E-state index contributed by atoms with van der Waals surface area (Å²) in [6, 6.07) is 6.32. The second-order valence-corrected chi connectivity index (χ2v) is 5.49. The molecule has 1 aliphatic heterocycles. The molecule has 0 fully saturated rings. The molecule has 1 aliphatic rings. The van der Waals surface area contributed by atoms with Crippen molar-refractivity contribution in [2.24, 2.45) is 5.92 Å². The number of fused-ring (bicyclic) bond motifs is 1. The maximum Gasteiger partial charge on any atom is 0.121 e. The number of benzene rings is 1. The van der Waals surface area contributed by atoms with Crippen molar-refractivity contribution in [3.05, 3.63) is 23.8 Å². The molecule has 0 aliphatic carbocycles. The van der Waals surface area contributed by atoms with Crippen molar-refractivity contribution in [3.8, 4) is 5.75 Å². The molecule has 1 heterocycles. The highest BCUT2D eigenvalue weighted by atomic mass is 16.5. The van der Waals surface area contributed by atoms with Gasteiger partial charge in [-0.25, -0.2) is 0 Å². The molecular weight excluding hydrogens is 238 g/mol. The zero-order chi connectivity index (χ0) is 13.5. The van der Waals surface area contributed by atoms with Gasteiger partial charge in [-0.1, -0.05) is 19.9 Å². The molecular formula is C16H25NO2. The van der Waals surface area contributed by atoms with Gasteiger partial charge in [0.15, 0.2) is 0 Å². The molecule has 0 bridgehead atoms. The van der Waals surface area contributed by atoms with E-state index in [4.69, 9.17) is 9.47 Å². The molecule has 0 radical (unpaired) electrons. The number of anilines is 1. The van der Waals surface area contributed by atoms with Gasteiger partial charge in [-0.05, 0) is 36.8 Å². The van der Waals surface area contributed by atoms with Crippen LogP contribution >= 0.6 is 0 Å². The smallest absolute Gasteiger partial charge is 0.121 e. The van der Waals surface area contributed by atoms with Crippen molar-refractivity contribution in [1.82, 2.24) is 0 Å². The topological polar surface area (TPSA) is 30.5 Å². The maximum absolute atomic E-state index is 5.71. The number of hydrogen-bond acceptors (Lipinski definition) is 3. The summed E-state index contributed by atoms with van der Waals surface area (Å²) in [7, 11) is 0. The van der Waals surface area contributed by atoms with E-state index in [0.29, 0.717) is 19.1 Å². The Bertz CT molecular complexity index is 390. The van der Waals surface area contributed by atoms with Gasteiger partial charge in [0.25, 0.3) is 0 Å². The Balaban J connectivity index is 1.68. The predicted octanol–water partition coefficient (Wildman–Crippen LogP) is 3.49. The quantitative estimate of drug-likeness (QED) is 0.764. The SMILES string of the molecule is CC(C)CCOCCOc1ccc2c(c1)NCCC2. The lowest BCUT2D eigenvalue weighted by atomic mass is 10.0. The van der Waals surface area contributed by atoms with Crippen LogP contribution in [0.2, 0.25) is 0 Å². The van der Waals surface area contributed by atoms with Gasteiger partial charge >= 0.3 is 0 Å². The third kappa shape index (κ3) is 4.75. The third-order valence-corrected chi connectivity index (χ3v) is 3.36. The molecule has 0 amide bonds. The molecule has 0 aromatic heterocycles. The number of hydrogen-bond donors (Lipinski definition) is 1. The molecule has 3 heteroatoms. The lowest BCUT2D eigenvalue weighted by Crippen LogP contribution is -2.12.